The van der Waals surface area contributed by atoms with E-state index in [4.69, 9.17) is 4.98 Å². The number of benzene rings is 1. The van der Waals surface area contributed by atoms with Gasteiger partial charge in [-0.3, -0.25) is 0 Å². The fourth-order valence-electron chi connectivity index (χ4n) is 3.93. The third kappa shape index (κ3) is 2.37. The van der Waals surface area contributed by atoms with Crippen molar-refractivity contribution in [3.8, 4) is 0 Å². The molecule has 0 radical (unpaired) electrons. The number of hydrogen-bond acceptors (Lipinski definition) is 4. The molecule has 2 aliphatic rings. The van der Waals surface area contributed by atoms with E-state index in [9.17, 15) is 0 Å². The van der Waals surface area contributed by atoms with Gasteiger partial charge >= 0.3 is 0 Å². The van der Waals surface area contributed by atoms with Gasteiger partial charge in [-0.2, -0.15) is 4.98 Å². The highest BCUT2D eigenvalue weighted by Gasteiger charge is 2.42. The number of nitrogens with zero attached hydrogens (tertiary/aromatic N) is 3. The van der Waals surface area contributed by atoms with Crippen molar-refractivity contribution < 1.29 is 0 Å². The minimum atomic E-state index is 0.404. The lowest BCUT2D eigenvalue weighted by molar-refractivity contribution is 0.722. The van der Waals surface area contributed by atoms with Crippen molar-refractivity contribution in [3.63, 3.8) is 0 Å². The Hall–Kier alpha value is -2.10. The molecule has 4 nitrogen and oxygen atoms in total. The Kier molecular flexibility index (Phi) is 3.47. The van der Waals surface area contributed by atoms with Crippen LogP contribution in [0.25, 0.3) is 0 Å². The second-order valence-corrected chi connectivity index (χ2v) is 6.89. The molecular formula is C19H24N4. The minimum absolute atomic E-state index is 0.404. The molecule has 1 fully saturated rings. The first-order chi connectivity index (χ1) is 11.2. The van der Waals surface area contributed by atoms with Gasteiger partial charge in [0.1, 0.15) is 5.82 Å². The summed E-state index contributed by atoms with van der Waals surface area (Å²) in [5.41, 5.74) is 4.14. The van der Waals surface area contributed by atoms with Crippen molar-refractivity contribution in [1.82, 2.24) is 9.97 Å². The summed E-state index contributed by atoms with van der Waals surface area (Å²) in [6.45, 7) is 8.37. The quantitative estimate of drug-likeness (QED) is 0.924. The van der Waals surface area contributed by atoms with Crippen LogP contribution >= 0.6 is 0 Å². The molecule has 2 heterocycles. The molecule has 120 valence electrons. The molecule has 0 amide bonds. The summed E-state index contributed by atoms with van der Waals surface area (Å²) in [6.07, 6.45) is 1.22. The highest BCUT2D eigenvalue weighted by atomic mass is 15.3. The molecule has 0 unspecified atom stereocenters. The van der Waals surface area contributed by atoms with E-state index >= 15 is 0 Å². The Labute approximate surface area is 138 Å². The molecule has 1 aromatic carbocycles. The molecule has 2 bridgehead atoms. The highest BCUT2D eigenvalue weighted by molar-refractivity contribution is 5.55. The zero-order chi connectivity index (χ0) is 16.0. The summed E-state index contributed by atoms with van der Waals surface area (Å²) in [5.74, 6) is 2.88. The van der Waals surface area contributed by atoms with E-state index in [0.29, 0.717) is 17.9 Å². The zero-order valence-electron chi connectivity index (χ0n) is 14.1. The molecule has 2 atom stereocenters. The first kappa shape index (κ1) is 14.5. The SMILES string of the molecule is CCNc1nc(C(C)C)cc(N2C[C@H]3C[C@H]2c2ccccc23)n1. The Bertz CT molecular complexity index is 725. The van der Waals surface area contributed by atoms with Crippen molar-refractivity contribution in [2.24, 2.45) is 0 Å². The molecule has 23 heavy (non-hydrogen) atoms. The van der Waals surface area contributed by atoms with Crippen molar-refractivity contribution in [3.05, 3.63) is 47.2 Å². The monoisotopic (exact) mass is 308 g/mol. The molecule has 0 saturated carbocycles. The van der Waals surface area contributed by atoms with Gasteiger partial charge in [0.2, 0.25) is 5.95 Å². The van der Waals surface area contributed by atoms with E-state index in [1.165, 1.54) is 12.0 Å². The number of rotatable bonds is 4. The van der Waals surface area contributed by atoms with Crippen molar-refractivity contribution in [1.29, 1.82) is 0 Å². The predicted molar refractivity (Wildman–Crippen MR) is 94.2 cm³/mol. The Morgan fingerprint density at radius 2 is 2.00 bits per heavy atom. The highest BCUT2D eigenvalue weighted by Crippen LogP contribution is 2.51. The van der Waals surface area contributed by atoms with Gasteiger partial charge in [0, 0.05) is 25.1 Å². The number of nitrogens with one attached hydrogen (secondary N) is 1. The molecule has 4 rings (SSSR count). The van der Waals surface area contributed by atoms with Gasteiger partial charge in [-0.25, -0.2) is 4.98 Å². The first-order valence-electron chi connectivity index (χ1n) is 8.65. The van der Waals surface area contributed by atoms with Crippen LogP contribution in [0.5, 0.6) is 0 Å². The Morgan fingerprint density at radius 1 is 1.22 bits per heavy atom. The van der Waals surface area contributed by atoms with E-state index in [2.05, 4.69) is 66.3 Å². The lowest BCUT2D eigenvalue weighted by Crippen LogP contribution is -2.28. The van der Waals surface area contributed by atoms with E-state index in [1.54, 1.807) is 5.56 Å². The number of fused-ring (bicyclic) bond motifs is 5. The second-order valence-electron chi connectivity index (χ2n) is 6.89. The van der Waals surface area contributed by atoms with Gasteiger partial charge in [0.15, 0.2) is 0 Å². The van der Waals surface area contributed by atoms with Crippen LogP contribution in [0.2, 0.25) is 0 Å². The topological polar surface area (TPSA) is 41.1 Å². The maximum absolute atomic E-state index is 4.78. The Balaban J connectivity index is 1.72. The third-order valence-corrected chi connectivity index (χ3v) is 5.05. The van der Waals surface area contributed by atoms with Crippen LogP contribution in [0.1, 0.15) is 61.9 Å². The fourth-order valence-corrected chi connectivity index (χ4v) is 3.93. The average molecular weight is 308 g/mol. The van der Waals surface area contributed by atoms with Gasteiger partial charge in [-0.1, -0.05) is 38.1 Å². The largest absolute Gasteiger partial charge is 0.354 e. The zero-order valence-corrected chi connectivity index (χ0v) is 14.1. The van der Waals surface area contributed by atoms with Gasteiger partial charge in [-0.15, -0.1) is 0 Å². The molecule has 0 spiro atoms. The van der Waals surface area contributed by atoms with Gasteiger partial charge in [0.05, 0.1) is 11.7 Å². The molecule has 1 saturated heterocycles. The smallest absolute Gasteiger partial charge is 0.224 e. The van der Waals surface area contributed by atoms with Crippen LogP contribution in [0.4, 0.5) is 11.8 Å². The van der Waals surface area contributed by atoms with Gasteiger partial charge < -0.3 is 10.2 Å². The summed E-state index contributed by atoms with van der Waals surface area (Å²) in [4.78, 5) is 11.9. The fraction of sp³-hybridized carbons (Fsp3) is 0.474. The van der Waals surface area contributed by atoms with Crippen molar-refractivity contribution in [2.45, 2.75) is 45.1 Å². The van der Waals surface area contributed by atoms with E-state index in [1.807, 2.05) is 0 Å². The number of aromatic nitrogens is 2. The van der Waals surface area contributed by atoms with Gasteiger partial charge in [0.25, 0.3) is 0 Å². The average Bonchev–Trinajstić information content (AvgIpc) is 3.14. The number of anilines is 2. The molecule has 1 aromatic heterocycles. The van der Waals surface area contributed by atoms with Crippen LogP contribution in [-0.2, 0) is 0 Å². The van der Waals surface area contributed by atoms with E-state index in [0.717, 1.165) is 30.5 Å². The predicted octanol–water partition coefficient (Wildman–Crippen LogP) is 4.08. The maximum Gasteiger partial charge on any atom is 0.224 e. The Morgan fingerprint density at radius 3 is 2.74 bits per heavy atom. The molecule has 1 N–H and O–H groups in total. The molecule has 2 aromatic rings. The normalized spacial score (nSPS) is 21.8. The standard InChI is InChI=1S/C19H24N4/c1-4-20-19-21-16(12(2)3)10-18(22-19)23-11-13-9-17(23)15-8-6-5-7-14(13)15/h5-8,10,12-13,17H,4,9,11H2,1-3H3,(H,20,21,22)/t13-,17+/m1/s1. The third-order valence-electron chi connectivity index (χ3n) is 5.05. The van der Waals surface area contributed by atoms with Crippen LogP contribution in [-0.4, -0.2) is 23.1 Å². The summed E-state index contributed by atoms with van der Waals surface area (Å²) in [5, 5.41) is 3.28. The van der Waals surface area contributed by atoms with Crippen molar-refractivity contribution >= 4 is 11.8 Å². The molecular weight excluding hydrogens is 284 g/mol. The molecule has 4 heteroatoms. The van der Waals surface area contributed by atoms with Crippen LogP contribution < -0.4 is 10.2 Å². The lowest BCUT2D eigenvalue weighted by Gasteiger charge is -2.30. The summed E-state index contributed by atoms with van der Waals surface area (Å²) in [7, 11) is 0. The van der Waals surface area contributed by atoms with Crippen molar-refractivity contribution in [2.75, 3.05) is 23.3 Å². The molecule has 1 aliphatic heterocycles. The van der Waals surface area contributed by atoms with Crippen LogP contribution in [0.3, 0.4) is 0 Å². The van der Waals surface area contributed by atoms with Crippen LogP contribution in [0, 0.1) is 0 Å². The molecule has 1 aliphatic carbocycles. The first-order valence-corrected chi connectivity index (χ1v) is 8.65. The summed E-state index contributed by atoms with van der Waals surface area (Å²) >= 11 is 0. The maximum atomic E-state index is 4.78. The summed E-state index contributed by atoms with van der Waals surface area (Å²) in [6, 6.07) is 11.5. The number of hydrogen-bond donors (Lipinski definition) is 1. The second kappa shape index (κ2) is 5.52. The van der Waals surface area contributed by atoms with Gasteiger partial charge in [-0.05, 0) is 30.4 Å². The van der Waals surface area contributed by atoms with E-state index < -0.39 is 0 Å². The summed E-state index contributed by atoms with van der Waals surface area (Å²) < 4.78 is 0. The van der Waals surface area contributed by atoms with E-state index in [-0.39, 0.29) is 0 Å². The minimum Gasteiger partial charge on any atom is -0.354 e. The lowest BCUT2D eigenvalue weighted by atomic mass is 9.99. The van der Waals surface area contributed by atoms with Crippen LogP contribution in [0.15, 0.2) is 30.3 Å².